The number of para-hydroxylation sites is 1. The van der Waals surface area contributed by atoms with E-state index in [-0.39, 0.29) is 30.6 Å². The molecule has 0 aliphatic heterocycles. The van der Waals surface area contributed by atoms with Gasteiger partial charge in [-0.3, -0.25) is 4.57 Å². The van der Waals surface area contributed by atoms with E-state index in [1.165, 1.54) is 16.7 Å². The summed E-state index contributed by atoms with van der Waals surface area (Å²) < 4.78 is 89.3. The van der Waals surface area contributed by atoms with Gasteiger partial charge in [0.15, 0.2) is 35.1 Å². The maximum atomic E-state index is 16.1. The quantitative estimate of drug-likeness (QED) is 0.168. The predicted octanol–water partition coefficient (Wildman–Crippen LogP) is 6.16. The van der Waals surface area contributed by atoms with Crippen LogP contribution in [0.3, 0.4) is 0 Å². The molecule has 3 aromatic heterocycles. The zero-order valence-electron chi connectivity index (χ0n) is 23.0. The number of hydrogen-bond donors (Lipinski definition) is 0. The highest BCUT2D eigenvalue weighted by Crippen LogP contribution is 2.40. The van der Waals surface area contributed by atoms with Crippen molar-refractivity contribution >= 4 is 22.4 Å². The first kappa shape index (κ1) is 30.8. The van der Waals surface area contributed by atoms with Gasteiger partial charge >= 0.3 is 11.9 Å². The SMILES string of the molecule is CCn1c(COCc2ccccc2)nn(-c2nc(O[C@@H](C)C(F)(F)F)c3c(Oc4c(F)cccc4Cl)nncc3c2F)c1=O. The number of ether oxygens (including phenoxy) is 3. The topological polar surface area (TPSA) is 106 Å². The fourth-order valence-electron chi connectivity index (χ4n) is 4.11. The van der Waals surface area contributed by atoms with Crippen LogP contribution in [0.2, 0.25) is 5.02 Å². The highest BCUT2D eigenvalue weighted by molar-refractivity contribution is 6.32. The molecule has 3 heterocycles. The number of pyridine rings is 1. The number of halogens is 6. The molecular formula is C28H22ClF5N6O4. The Labute approximate surface area is 250 Å². The van der Waals surface area contributed by atoms with Gasteiger partial charge in [0, 0.05) is 6.54 Å². The van der Waals surface area contributed by atoms with Crippen LogP contribution in [0.25, 0.3) is 16.6 Å². The number of fused-ring (bicyclic) bond motifs is 1. The zero-order chi connectivity index (χ0) is 31.6. The molecule has 0 saturated carbocycles. The molecule has 0 radical (unpaired) electrons. The maximum absolute atomic E-state index is 16.1. The van der Waals surface area contributed by atoms with E-state index in [9.17, 15) is 22.4 Å². The summed E-state index contributed by atoms with van der Waals surface area (Å²) in [6, 6.07) is 12.8. The summed E-state index contributed by atoms with van der Waals surface area (Å²) in [4.78, 5) is 17.2. The van der Waals surface area contributed by atoms with Crippen molar-refractivity contribution in [3.8, 4) is 23.3 Å². The molecule has 2 aromatic carbocycles. The standard InChI is InChI=1S/C28H22ClF5N6O4/c1-3-39-20(14-42-13-16-8-5-4-6-9-16)38-40(27(39)41)24-22(31)17-12-35-37-26(44-23-18(29)10-7-11-19(23)30)21(17)25(36-24)43-15(2)28(32,33)34/h4-12,15H,3,13-14H2,1-2H3/t15-/m0/s1. The molecular weight excluding hydrogens is 615 g/mol. The molecule has 1 atom stereocenters. The van der Waals surface area contributed by atoms with Crippen LogP contribution in [0.4, 0.5) is 22.0 Å². The van der Waals surface area contributed by atoms with Gasteiger partial charge in [0.2, 0.25) is 5.88 Å². The molecule has 0 amide bonds. The molecule has 44 heavy (non-hydrogen) atoms. The number of benzene rings is 2. The van der Waals surface area contributed by atoms with Crippen molar-refractivity contribution in [2.75, 3.05) is 0 Å². The van der Waals surface area contributed by atoms with E-state index in [0.29, 0.717) is 11.6 Å². The van der Waals surface area contributed by atoms with Crippen LogP contribution in [0.1, 0.15) is 25.2 Å². The number of rotatable bonds is 10. The van der Waals surface area contributed by atoms with Crippen molar-refractivity contribution in [2.45, 2.75) is 45.9 Å². The first-order chi connectivity index (χ1) is 21.0. The van der Waals surface area contributed by atoms with Crippen molar-refractivity contribution < 1.29 is 36.2 Å². The van der Waals surface area contributed by atoms with Gasteiger partial charge in [-0.15, -0.1) is 10.2 Å². The first-order valence-corrected chi connectivity index (χ1v) is 13.4. The van der Waals surface area contributed by atoms with Crippen LogP contribution < -0.4 is 15.2 Å². The minimum absolute atomic E-state index is 0.104. The second-order valence-corrected chi connectivity index (χ2v) is 9.69. The van der Waals surface area contributed by atoms with Crippen molar-refractivity contribution in [1.82, 2.24) is 29.5 Å². The molecule has 0 bridgehead atoms. The van der Waals surface area contributed by atoms with Gasteiger partial charge in [-0.2, -0.15) is 27.9 Å². The third-order valence-electron chi connectivity index (χ3n) is 6.34. The smallest absolute Gasteiger partial charge is 0.425 e. The van der Waals surface area contributed by atoms with Gasteiger partial charge in [0.1, 0.15) is 12.0 Å². The van der Waals surface area contributed by atoms with Gasteiger partial charge in [0.05, 0.1) is 23.2 Å². The lowest BCUT2D eigenvalue weighted by atomic mass is 10.2. The van der Waals surface area contributed by atoms with E-state index in [1.807, 2.05) is 30.3 Å². The number of nitrogens with zero attached hydrogens (tertiary/aromatic N) is 6. The minimum Gasteiger partial charge on any atom is -0.464 e. The molecule has 0 saturated heterocycles. The van der Waals surface area contributed by atoms with Gasteiger partial charge < -0.3 is 14.2 Å². The van der Waals surface area contributed by atoms with Crippen LogP contribution >= 0.6 is 11.6 Å². The molecule has 0 unspecified atom stereocenters. The van der Waals surface area contributed by atoms with E-state index in [2.05, 4.69) is 20.3 Å². The lowest BCUT2D eigenvalue weighted by Gasteiger charge is -2.19. The van der Waals surface area contributed by atoms with Crippen LogP contribution in [0.5, 0.6) is 17.5 Å². The molecule has 10 nitrogen and oxygen atoms in total. The summed E-state index contributed by atoms with van der Waals surface area (Å²) in [5.74, 6) is -4.87. The summed E-state index contributed by atoms with van der Waals surface area (Å²) in [5.41, 5.74) is 0.0129. The predicted molar refractivity (Wildman–Crippen MR) is 147 cm³/mol. The molecule has 230 valence electrons. The third kappa shape index (κ3) is 6.19. The van der Waals surface area contributed by atoms with E-state index in [4.69, 9.17) is 25.8 Å². The number of aromatic nitrogens is 6. The zero-order valence-corrected chi connectivity index (χ0v) is 23.7. The van der Waals surface area contributed by atoms with Crippen LogP contribution in [-0.4, -0.2) is 41.8 Å². The molecule has 0 spiro atoms. The summed E-state index contributed by atoms with van der Waals surface area (Å²) in [5, 5.41) is 10.3. The highest BCUT2D eigenvalue weighted by atomic mass is 35.5. The van der Waals surface area contributed by atoms with Gasteiger partial charge in [-0.25, -0.2) is 13.6 Å². The Bertz CT molecular complexity index is 1850. The molecule has 0 aliphatic rings. The van der Waals surface area contributed by atoms with Crippen LogP contribution in [0, 0.1) is 11.6 Å². The van der Waals surface area contributed by atoms with E-state index >= 15 is 4.39 Å². The Morgan fingerprint density at radius 3 is 2.45 bits per heavy atom. The summed E-state index contributed by atoms with van der Waals surface area (Å²) in [6.07, 6.45) is -6.47. The van der Waals surface area contributed by atoms with Gasteiger partial charge in [-0.05, 0) is 31.5 Å². The third-order valence-corrected chi connectivity index (χ3v) is 6.64. The normalized spacial score (nSPS) is 12.5. The molecule has 0 fully saturated rings. The van der Waals surface area contributed by atoms with E-state index in [1.54, 1.807) is 6.92 Å². The van der Waals surface area contributed by atoms with Crippen LogP contribution in [-0.2, 0) is 24.5 Å². The molecule has 0 aliphatic carbocycles. The largest absolute Gasteiger partial charge is 0.464 e. The van der Waals surface area contributed by atoms with Gasteiger partial charge in [-0.1, -0.05) is 48.0 Å². The molecule has 5 aromatic rings. The Morgan fingerprint density at radius 2 is 1.77 bits per heavy atom. The fourth-order valence-corrected chi connectivity index (χ4v) is 4.31. The summed E-state index contributed by atoms with van der Waals surface area (Å²) in [7, 11) is 0. The summed E-state index contributed by atoms with van der Waals surface area (Å²) in [6.45, 7) is 2.49. The van der Waals surface area contributed by atoms with E-state index < -0.39 is 63.7 Å². The van der Waals surface area contributed by atoms with Crippen LogP contribution in [0.15, 0.2) is 59.5 Å². The number of hydrogen-bond acceptors (Lipinski definition) is 8. The van der Waals surface area contributed by atoms with Crippen molar-refractivity contribution in [1.29, 1.82) is 0 Å². The number of alkyl halides is 3. The monoisotopic (exact) mass is 636 g/mol. The van der Waals surface area contributed by atoms with Crippen molar-refractivity contribution in [2.24, 2.45) is 0 Å². The Morgan fingerprint density at radius 1 is 1.02 bits per heavy atom. The average Bonchev–Trinajstić information content (AvgIpc) is 3.30. The maximum Gasteiger partial charge on any atom is 0.425 e. The summed E-state index contributed by atoms with van der Waals surface area (Å²) >= 11 is 6.03. The molecule has 16 heteroatoms. The molecule has 0 N–H and O–H groups in total. The Balaban J connectivity index is 1.63. The fraction of sp³-hybridized carbons (Fsp3) is 0.250. The lowest BCUT2D eigenvalue weighted by molar-refractivity contribution is -0.189. The van der Waals surface area contributed by atoms with Gasteiger partial charge in [0.25, 0.3) is 5.88 Å². The average molecular weight is 637 g/mol. The Hall–Kier alpha value is -4.63. The molecule has 5 rings (SSSR count). The Kier molecular flexibility index (Phi) is 8.78. The second-order valence-electron chi connectivity index (χ2n) is 9.28. The van der Waals surface area contributed by atoms with Crippen molar-refractivity contribution in [3.05, 3.63) is 93.3 Å². The lowest BCUT2D eigenvalue weighted by Crippen LogP contribution is -2.32. The first-order valence-electron chi connectivity index (χ1n) is 13.0. The minimum atomic E-state index is -4.87. The van der Waals surface area contributed by atoms with E-state index in [0.717, 1.165) is 17.8 Å². The highest BCUT2D eigenvalue weighted by Gasteiger charge is 2.39. The second kappa shape index (κ2) is 12.5. The van der Waals surface area contributed by atoms with Crippen molar-refractivity contribution in [3.63, 3.8) is 0 Å².